The monoisotopic (exact) mass is 247 g/mol. The fourth-order valence-electron chi connectivity index (χ4n) is 1.12. The number of hydrogen-bond donors (Lipinski definition) is 0. The Hall–Kier alpha value is -2.23. The van der Waals surface area contributed by atoms with Crippen molar-refractivity contribution in [3.05, 3.63) is 41.6 Å². The summed E-state index contributed by atoms with van der Waals surface area (Å²) in [4.78, 5) is 13.5. The molecule has 0 bridgehead atoms. The molecule has 17 heavy (non-hydrogen) atoms. The smallest absolute Gasteiger partial charge is 0.240 e. The molecule has 0 saturated heterocycles. The van der Waals surface area contributed by atoms with Crippen LogP contribution in [0.2, 0.25) is 5.15 Å². The van der Waals surface area contributed by atoms with Crippen molar-refractivity contribution in [1.29, 1.82) is 0 Å². The first-order valence-electron chi connectivity index (χ1n) is 4.63. The van der Waals surface area contributed by atoms with E-state index in [1.54, 1.807) is 36.4 Å². The number of rotatable bonds is 3. The molecular weight excluding hydrogens is 242 g/mol. The Balaban J connectivity index is 2.13. The van der Waals surface area contributed by atoms with Crippen molar-refractivity contribution in [3.8, 4) is 11.6 Å². The predicted molar refractivity (Wildman–Crippen MR) is 61.3 cm³/mol. The SMILES string of the molecule is O=C=Nc1ccc(Oc2ccc(Cl)nn2)cc1. The van der Waals surface area contributed by atoms with Gasteiger partial charge >= 0.3 is 0 Å². The van der Waals surface area contributed by atoms with Gasteiger partial charge in [0, 0.05) is 6.07 Å². The van der Waals surface area contributed by atoms with Gasteiger partial charge in [0.15, 0.2) is 5.15 Å². The summed E-state index contributed by atoms with van der Waals surface area (Å²) in [7, 11) is 0. The maximum Gasteiger partial charge on any atom is 0.240 e. The number of benzene rings is 1. The average molecular weight is 248 g/mol. The van der Waals surface area contributed by atoms with Crippen molar-refractivity contribution in [1.82, 2.24) is 10.2 Å². The van der Waals surface area contributed by atoms with Crippen molar-refractivity contribution in [3.63, 3.8) is 0 Å². The van der Waals surface area contributed by atoms with Crippen LogP contribution in [0.4, 0.5) is 5.69 Å². The van der Waals surface area contributed by atoms with Gasteiger partial charge in [-0.15, -0.1) is 10.2 Å². The first-order chi connectivity index (χ1) is 8.28. The summed E-state index contributed by atoms with van der Waals surface area (Å²) in [5, 5.41) is 7.68. The van der Waals surface area contributed by atoms with E-state index in [2.05, 4.69) is 15.2 Å². The minimum Gasteiger partial charge on any atom is -0.438 e. The molecule has 84 valence electrons. The fourth-order valence-corrected chi connectivity index (χ4v) is 1.22. The molecule has 1 aromatic heterocycles. The van der Waals surface area contributed by atoms with Crippen molar-refractivity contribution in [2.24, 2.45) is 4.99 Å². The summed E-state index contributed by atoms with van der Waals surface area (Å²) in [6.07, 6.45) is 1.46. The van der Waals surface area contributed by atoms with E-state index in [1.165, 1.54) is 6.08 Å². The van der Waals surface area contributed by atoms with E-state index >= 15 is 0 Å². The molecule has 0 N–H and O–H groups in total. The highest BCUT2D eigenvalue weighted by molar-refractivity contribution is 6.29. The maximum absolute atomic E-state index is 10.0. The van der Waals surface area contributed by atoms with Crippen molar-refractivity contribution < 1.29 is 9.53 Å². The summed E-state index contributed by atoms with van der Waals surface area (Å²) in [6, 6.07) is 9.76. The van der Waals surface area contributed by atoms with E-state index in [1.807, 2.05) is 0 Å². The van der Waals surface area contributed by atoms with Crippen LogP contribution in [0.15, 0.2) is 41.4 Å². The van der Waals surface area contributed by atoms with Crippen LogP contribution in [0.5, 0.6) is 11.6 Å². The number of carbonyl (C=O) groups excluding carboxylic acids is 1. The highest BCUT2D eigenvalue weighted by atomic mass is 35.5. The van der Waals surface area contributed by atoms with E-state index in [9.17, 15) is 4.79 Å². The molecule has 0 radical (unpaired) electrons. The van der Waals surface area contributed by atoms with Crippen LogP contribution in [0, 0.1) is 0 Å². The average Bonchev–Trinajstić information content (AvgIpc) is 2.35. The van der Waals surface area contributed by atoms with Crippen LogP contribution < -0.4 is 4.74 Å². The standard InChI is InChI=1S/C11H6ClN3O2/c12-10-5-6-11(15-14-10)17-9-3-1-8(2-4-9)13-7-16/h1-6H. The van der Waals surface area contributed by atoms with Crippen molar-refractivity contribution >= 4 is 23.4 Å². The van der Waals surface area contributed by atoms with Gasteiger partial charge in [0.05, 0.1) is 5.69 Å². The topological polar surface area (TPSA) is 64.4 Å². The van der Waals surface area contributed by atoms with E-state index in [0.29, 0.717) is 22.5 Å². The molecule has 6 heteroatoms. The lowest BCUT2D eigenvalue weighted by atomic mass is 10.3. The van der Waals surface area contributed by atoms with Gasteiger partial charge in [-0.05, 0) is 30.3 Å². The molecule has 1 heterocycles. The summed E-state index contributed by atoms with van der Waals surface area (Å²) in [5.41, 5.74) is 0.509. The van der Waals surface area contributed by atoms with Gasteiger partial charge in [-0.3, -0.25) is 0 Å². The van der Waals surface area contributed by atoms with Crippen LogP contribution in [-0.2, 0) is 4.79 Å². The quantitative estimate of drug-likeness (QED) is 0.618. The third-order valence-electron chi connectivity index (χ3n) is 1.84. The number of isocyanates is 1. The summed E-state index contributed by atoms with van der Waals surface area (Å²) in [5.74, 6) is 0.896. The molecular formula is C11H6ClN3O2. The zero-order valence-electron chi connectivity index (χ0n) is 8.50. The largest absolute Gasteiger partial charge is 0.438 e. The lowest BCUT2D eigenvalue weighted by Crippen LogP contribution is -1.89. The number of aromatic nitrogens is 2. The summed E-state index contributed by atoms with van der Waals surface area (Å²) < 4.78 is 5.39. The molecule has 0 saturated carbocycles. The van der Waals surface area contributed by atoms with Crippen molar-refractivity contribution in [2.45, 2.75) is 0 Å². The van der Waals surface area contributed by atoms with Gasteiger partial charge in [-0.2, -0.15) is 4.99 Å². The molecule has 2 aromatic rings. The Bertz CT molecular complexity index is 548. The lowest BCUT2D eigenvalue weighted by Gasteiger charge is -2.03. The number of ether oxygens (including phenoxy) is 1. The number of hydrogen-bond acceptors (Lipinski definition) is 5. The zero-order chi connectivity index (χ0) is 12.1. The lowest BCUT2D eigenvalue weighted by molar-refractivity contribution is 0.455. The zero-order valence-corrected chi connectivity index (χ0v) is 9.26. The molecule has 0 fully saturated rings. The first kappa shape index (κ1) is 11.3. The number of halogens is 1. The summed E-state index contributed by atoms with van der Waals surface area (Å²) >= 11 is 5.59. The number of aliphatic imine (C=N–C) groups is 1. The summed E-state index contributed by atoms with van der Waals surface area (Å²) in [6.45, 7) is 0. The maximum atomic E-state index is 10.0. The fraction of sp³-hybridized carbons (Fsp3) is 0. The van der Waals surface area contributed by atoms with Crippen LogP contribution in [0.25, 0.3) is 0 Å². The molecule has 5 nitrogen and oxygen atoms in total. The molecule has 0 aliphatic rings. The van der Waals surface area contributed by atoms with Crippen LogP contribution in [0.1, 0.15) is 0 Å². The van der Waals surface area contributed by atoms with Crippen LogP contribution in [0.3, 0.4) is 0 Å². The second kappa shape index (κ2) is 5.21. The molecule has 2 rings (SSSR count). The molecule has 0 aliphatic heterocycles. The Labute approximate surface area is 102 Å². The molecule has 1 aromatic carbocycles. The highest BCUT2D eigenvalue weighted by Crippen LogP contribution is 2.22. The molecule has 0 amide bonds. The Morgan fingerprint density at radius 1 is 1.12 bits per heavy atom. The third-order valence-corrected chi connectivity index (χ3v) is 2.04. The second-order valence-corrected chi connectivity index (χ2v) is 3.38. The minimum absolute atomic E-state index is 0.299. The normalized spacial score (nSPS) is 9.47. The second-order valence-electron chi connectivity index (χ2n) is 2.99. The molecule has 0 aliphatic carbocycles. The van der Waals surface area contributed by atoms with Gasteiger partial charge in [-0.1, -0.05) is 11.6 Å². The van der Waals surface area contributed by atoms with E-state index in [4.69, 9.17) is 16.3 Å². The Morgan fingerprint density at radius 3 is 2.47 bits per heavy atom. The van der Waals surface area contributed by atoms with Crippen LogP contribution in [-0.4, -0.2) is 16.3 Å². The first-order valence-corrected chi connectivity index (χ1v) is 5.01. The minimum atomic E-state index is 0.299. The van der Waals surface area contributed by atoms with E-state index in [-0.39, 0.29) is 0 Å². The Morgan fingerprint density at radius 2 is 1.88 bits per heavy atom. The van der Waals surface area contributed by atoms with E-state index < -0.39 is 0 Å². The van der Waals surface area contributed by atoms with Crippen molar-refractivity contribution in [2.75, 3.05) is 0 Å². The van der Waals surface area contributed by atoms with Gasteiger partial charge in [0.25, 0.3) is 0 Å². The molecule has 0 atom stereocenters. The van der Waals surface area contributed by atoms with Gasteiger partial charge in [0.1, 0.15) is 5.75 Å². The molecule has 0 spiro atoms. The highest BCUT2D eigenvalue weighted by Gasteiger charge is 1.99. The van der Waals surface area contributed by atoms with Gasteiger partial charge < -0.3 is 4.74 Å². The third kappa shape index (κ3) is 3.11. The molecule has 0 unspecified atom stereocenters. The van der Waals surface area contributed by atoms with Gasteiger partial charge in [-0.25, -0.2) is 4.79 Å². The Kier molecular flexibility index (Phi) is 3.45. The van der Waals surface area contributed by atoms with Gasteiger partial charge in [0.2, 0.25) is 12.0 Å². The predicted octanol–water partition coefficient (Wildman–Crippen LogP) is 2.89. The van der Waals surface area contributed by atoms with E-state index in [0.717, 1.165) is 0 Å². The van der Waals surface area contributed by atoms with Crippen LogP contribution >= 0.6 is 11.6 Å². The number of nitrogens with zero attached hydrogens (tertiary/aromatic N) is 3.